The fourth-order valence-corrected chi connectivity index (χ4v) is 4.05. The van der Waals surface area contributed by atoms with Gasteiger partial charge in [0.25, 0.3) is 5.91 Å². The highest BCUT2D eigenvalue weighted by molar-refractivity contribution is 5.96. The van der Waals surface area contributed by atoms with Crippen LogP contribution in [0.25, 0.3) is 5.82 Å². The molecule has 0 atom stereocenters. The number of likely N-dealkylation sites (tertiary alicyclic amines) is 1. The fraction of sp³-hybridized carbons (Fsp3) is 0.609. The van der Waals surface area contributed by atoms with Gasteiger partial charge in [-0.3, -0.25) is 14.2 Å². The molecule has 0 aromatic carbocycles. The Bertz CT molecular complexity index is 907. The van der Waals surface area contributed by atoms with E-state index in [1.54, 1.807) is 0 Å². The molecular formula is C23H34N4O4. The van der Waals surface area contributed by atoms with E-state index >= 15 is 0 Å². The standard InChI is InChI=1S/C23H34N4O4/c1-15(2)30-12-6-9-24-22(28)19-7-10-26(11-8-19)23(29)20-13-16(3)27(18(20)5)21-14-17(4)31-25-21/h13-15,19H,6-12H2,1-5H3,(H,24,28). The lowest BCUT2D eigenvalue weighted by atomic mass is 9.95. The Labute approximate surface area is 183 Å². The molecule has 2 aromatic heterocycles. The number of piperidine rings is 1. The van der Waals surface area contributed by atoms with E-state index < -0.39 is 0 Å². The van der Waals surface area contributed by atoms with Gasteiger partial charge in [-0.05, 0) is 59.9 Å². The van der Waals surface area contributed by atoms with Crippen LogP contribution >= 0.6 is 0 Å². The summed E-state index contributed by atoms with van der Waals surface area (Å²) < 4.78 is 12.6. The van der Waals surface area contributed by atoms with Crippen molar-refractivity contribution in [3.8, 4) is 5.82 Å². The van der Waals surface area contributed by atoms with Gasteiger partial charge in [-0.25, -0.2) is 0 Å². The molecule has 0 radical (unpaired) electrons. The SMILES string of the molecule is Cc1cc(-n2c(C)cc(C(=O)N3CCC(C(=O)NCCCOC(C)C)CC3)c2C)no1. The molecule has 170 valence electrons. The third-order valence-electron chi connectivity index (χ3n) is 5.73. The Morgan fingerprint density at radius 3 is 2.55 bits per heavy atom. The fourth-order valence-electron chi connectivity index (χ4n) is 4.05. The second-order valence-electron chi connectivity index (χ2n) is 8.55. The first-order chi connectivity index (χ1) is 14.8. The summed E-state index contributed by atoms with van der Waals surface area (Å²) in [6, 6.07) is 3.76. The van der Waals surface area contributed by atoms with Crippen molar-refractivity contribution in [1.29, 1.82) is 0 Å². The van der Waals surface area contributed by atoms with Crippen molar-refractivity contribution in [3.05, 3.63) is 34.8 Å². The van der Waals surface area contributed by atoms with Crippen LogP contribution in [0, 0.1) is 26.7 Å². The topological polar surface area (TPSA) is 89.6 Å². The summed E-state index contributed by atoms with van der Waals surface area (Å²) in [5.74, 6) is 1.45. The zero-order valence-corrected chi connectivity index (χ0v) is 19.2. The molecule has 31 heavy (non-hydrogen) atoms. The zero-order valence-electron chi connectivity index (χ0n) is 19.2. The van der Waals surface area contributed by atoms with Crippen LogP contribution in [0.15, 0.2) is 16.7 Å². The maximum atomic E-state index is 13.2. The number of nitrogens with zero attached hydrogens (tertiary/aromatic N) is 3. The predicted octanol–water partition coefficient (Wildman–Crippen LogP) is 3.17. The number of rotatable bonds is 8. The van der Waals surface area contributed by atoms with Gasteiger partial charge < -0.3 is 19.5 Å². The molecule has 3 heterocycles. The summed E-state index contributed by atoms with van der Waals surface area (Å²) in [5.41, 5.74) is 2.45. The molecule has 0 saturated carbocycles. The van der Waals surface area contributed by atoms with E-state index in [-0.39, 0.29) is 23.8 Å². The smallest absolute Gasteiger partial charge is 0.255 e. The van der Waals surface area contributed by atoms with E-state index in [9.17, 15) is 9.59 Å². The molecule has 0 aliphatic carbocycles. The van der Waals surface area contributed by atoms with E-state index in [1.807, 2.05) is 56.2 Å². The number of hydrogen-bond acceptors (Lipinski definition) is 5. The Balaban J connectivity index is 1.53. The van der Waals surface area contributed by atoms with Gasteiger partial charge in [-0.2, -0.15) is 0 Å². The Kier molecular flexibility index (Phi) is 7.54. The van der Waals surface area contributed by atoms with Crippen molar-refractivity contribution in [2.45, 2.75) is 60.0 Å². The van der Waals surface area contributed by atoms with Crippen LogP contribution in [0.4, 0.5) is 0 Å². The van der Waals surface area contributed by atoms with Crippen molar-refractivity contribution in [1.82, 2.24) is 19.9 Å². The summed E-state index contributed by atoms with van der Waals surface area (Å²) in [5, 5.41) is 7.08. The lowest BCUT2D eigenvalue weighted by Gasteiger charge is -2.31. The number of nitrogens with one attached hydrogen (secondary N) is 1. The Hall–Kier alpha value is -2.61. The number of ether oxygens (including phenoxy) is 1. The number of amides is 2. The van der Waals surface area contributed by atoms with E-state index in [4.69, 9.17) is 9.26 Å². The number of aromatic nitrogens is 2. The summed E-state index contributed by atoms with van der Waals surface area (Å²) in [7, 11) is 0. The van der Waals surface area contributed by atoms with E-state index in [0.717, 1.165) is 23.6 Å². The minimum Gasteiger partial charge on any atom is -0.379 e. The van der Waals surface area contributed by atoms with Crippen LogP contribution < -0.4 is 5.32 Å². The summed E-state index contributed by atoms with van der Waals surface area (Å²) in [4.78, 5) is 27.4. The minimum atomic E-state index is -0.0411. The Morgan fingerprint density at radius 2 is 1.94 bits per heavy atom. The van der Waals surface area contributed by atoms with Crippen LogP contribution in [0.3, 0.4) is 0 Å². The van der Waals surface area contributed by atoms with Crippen LogP contribution in [-0.2, 0) is 9.53 Å². The van der Waals surface area contributed by atoms with Crippen molar-refractivity contribution in [2.24, 2.45) is 5.92 Å². The molecule has 1 aliphatic heterocycles. The van der Waals surface area contributed by atoms with E-state index in [1.165, 1.54) is 0 Å². The second-order valence-corrected chi connectivity index (χ2v) is 8.55. The lowest BCUT2D eigenvalue weighted by Crippen LogP contribution is -2.43. The maximum Gasteiger partial charge on any atom is 0.255 e. The molecule has 0 spiro atoms. The van der Waals surface area contributed by atoms with Crippen molar-refractivity contribution < 1.29 is 18.8 Å². The number of carbonyl (C=O) groups excluding carboxylic acids is 2. The van der Waals surface area contributed by atoms with Crippen molar-refractivity contribution in [2.75, 3.05) is 26.2 Å². The van der Waals surface area contributed by atoms with Gasteiger partial charge in [0.05, 0.1) is 11.7 Å². The summed E-state index contributed by atoms with van der Waals surface area (Å²) in [6.45, 7) is 12.2. The molecular weight excluding hydrogens is 396 g/mol. The normalized spacial score (nSPS) is 15.0. The molecule has 2 amide bonds. The van der Waals surface area contributed by atoms with Crippen LogP contribution in [0.1, 0.15) is 60.6 Å². The van der Waals surface area contributed by atoms with Gasteiger partial charge >= 0.3 is 0 Å². The molecule has 1 aliphatic rings. The third-order valence-corrected chi connectivity index (χ3v) is 5.73. The van der Waals surface area contributed by atoms with Gasteiger partial charge in [-0.15, -0.1) is 0 Å². The summed E-state index contributed by atoms with van der Waals surface area (Å²) >= 11 is 0. The van der Waals surface area contributed by atoms with Crippen LogP contribution in [0.2, 0.25) is 0 Å². The number of carbonyl (C=O) groups is 2. The van der Waals surface area contributed by atoms with Crippen molar-refractivity contribution in [3.63, 3.8) is 0 Å². The first-order valence-corrected chi connectivity index (χ1v) is 11.1. The Morgan fingerprint density at radius 1 is 1.23 bits per heavy atom. The second kappa shape index (κ2) is 10.1. The molecule has 0 unspecified atom stereocenters. The molecule has 1 fully saturated rings. The molecule has 2 aromatic rings. The highest BCUT2D eigenvalue weighted by Gasteiger charge is 2.29. The largest absolute Gasteiger partial charge is 0.379 e. The van der Waals surface area contributed by atoms with Crippen LogP contribution in [0.5, 0.6) is 0 Å². The summed E-state index contributed by atoms with van der Waals surface area (Å²) in [6.07, 6.45) is 2.38. The molecule has 3 rings (SSSR count). The van der Waals surface area contributed by atoms with Gasteiger partial charge in [0.1, 0.15) is 5.76 Å². The minimum absolute atomic E-state index is 0.00394. The number of hydrogen-bond donors (Lipinski definition) is 1. The van der Waals surface area contributed by atoms with Gasteiger partial charge in [-0.1, -0.05) is 5.16 Å². The van der Waals surface area contributed by atoms with Gasteiger partial charge in [0, 0.05) is 49.6 Å². The molecule has 8 heteroatoms. The highest BCUT2D eigenvalue weighted by atomic mass is 16.5. The lowest BCUT2D eigenvalue weighted by molar-refractivity contribution is -0.126. The van der Waals surface area contributed by atoms with Crippen molar-refractivity contribution >= 4 is 11.8 Å². The van der Waals surface area contributed by atoms with E-state index in [0.29, 0.717) is 50.5 Å². The average Bonchev–Trinajstić information content (AvgIpc) is 3.28. The quantitative estimate of drug-likeness (QED) is 0.650. The molecule has 1 saturated heterocycles. The third kappa shape index (κ3) is 5.55. The first kappa shape index (κ1) is 23.1. The monoisotopic (exact) mass is 430 g/mol. The molecule has 1 N–H and O–H groups in total. The molecule has 8 nitrogen and oxygen atoms in total. The number of aryl methyl sites for hydroxylation is 2. The average molecular weight is 431 g/mol. The zero-order chi connectivity index (χ0) is 22.5. The maximum absolute atomic E-state index is 13.2. The van der Waals surface area contributed by atoms with Crippen LogP contribution in [-0.4, -0.2) is 58.8 Å². The van der Waals surface area contributed by atoms with Gasteiger partial charge in [0.15, 0.2) is 5.82 Å². The predicted molar refractivity (Wildman–Crippen MR) is 117 cm³/mol. The highest BCUT2D eigenvalue weighted by Crippen LogP contribution is 2.24. The molecule has 0 bridgehead atoms. The van der Waals surface area contributed by atoms with E-state index in [2.05, 4.69) is 10.5 Å². The van der Waals surface area contributed by atoms with Gasteiger partial charge in [0.2, 0.25) is 5.91 Å². The first-order valence-electron chi connectivity index (χ1n) is 11.1.